The number of likely N-dealkylation sites (N-methyl/N-ethyl adjacent to an activating group) is 1. The Hall–Kier alpha value is -0.940. The highest BCUT2D eigenvalue weighted by atomic mass is 32.2. The van der Waals surface area contributed by atoms with Crippen molar-refractivity contribution < 1.29 is 8.42 Å². The van der Waals surface area contributed by atoms with Crippen LogP contribution in [0.4, 0.5) is 0 Å². The summed E-state index contributed by atoms with van der Waals surface area (Å²) in [6.45, 7) is 2.80. The molecule has 0 radical (unpaired) electrons. The number of nitrogens with zero attached hydrogens (tertiary/aromatic N) is 1. The molecule has 2 heterocycles. The average molecular weight is 282 g/mol. The van der Waals surface area contributed by atoms with Crippen molar-refractivity contribution in [2.75, 3.05) is 12.3 Å². The summed E-state index contributed by atoms with van der Waals surface area (Å²) in [4.78, 5) is 4.31. The third kappa shape index (κ3) is 3.76. The largest absolute Gasteiger partial charge is 0.313 e. The molecular weight excluding hydrogens is 260 g/mol. The van der Waals surface area contributed by atoms with Crippen LogP contribution >= 0.6 is 0 Å². The van der Waals surface area contributed by atoms with Gasteiger partial charge >= 0.3 is 0 Å². The molecule has 106 valence electrons. The van der Waals surface area contributed by atoms with Crippen molar-refractivity contribution >= 4 is 9.84 Å². The van der Waals surface area contributed by atoms with E-state index in [-0.39, 0.29) is 11.3 Å². The fraction of sp³-hybridized carbons (Fsp3) is 0.643. The predicted molar refractivity (Wildman–Crippen MR) is 76.8 cm³/mol. The van der Waals surface area contributed by atoms with Gasteiger partial charge < -0.3 is 5.32 Å². The highest BCUT2D eigenvalue weighted by Crippen LogP contribution is 2.23. The van der Waals surface area contributed by atoms with Gasteiger partial charge in [0.25, 0.3) is 0 Å². The van der Waals surface area contributed by atoms with Crippen LogP contribution in [0.5, 0.6) is 0 Å². The number of aromatic nitrogens is 1. The van der Waals surface area contributed by atoms with Gasteiger partial charge in [-0.05, 0) is 31.5 Å². The lowest BCUT2D eigenvalue weighted by atomic mass is 10.0. The van der Waals surface area contributed by atoms with Crippen molar-refractivity contribution in [3.63, 3.8) is 0 Å². The second kappa shape index (κ2) is 6.48. The third-order valence-electron chi connectivity index (χ3n) is 3.70. The summed E-state index contributed by atoms with van der Waals surface area (Å²) < 4.78 is 24.5. The van der Waals surface area contributed by atoms with Crippen molar-refractivity contribution in [1.29, 1.82) is 0 Å². The van der Waals surface area contributed by atoms with Crippen LogP contribution in [-0.2, 0) is 16.3 Å². The predicted octanol–water partition coefficient (Wildman–Crippen LogP) is 1.57. The third-order valence-corrected chi connectivity index (χ3v) is 6.04. The number of hydrogen-bond acceptors (Lipinski definition) is 4. The zero-order valence-electron chi connectivity index (χ0n) is 11.4. The monoisotopic (exact) mass is 282 g/mol. The van der Waals surface area contributed by atoms with Gasteiger partial charge in [0, 0.05) is 24.4 Å². The SMILES string of the molecule is CCNC(Cc1ccccn1)C1CCCCS1(=O)=O. The second-order valence-corrected chi connectivity index (χ2v) is 7.43. The van der Waals surface area contributed by atoms with Crippen LogP contribution < -0.4 is 5.32 Å². The minimum Gasteiger partial charge on any atom is -0.313 e. The molecule has 1 aliphatic rings. The molecule has 5 heteroatoms. The quantitative estimate of drug-likeness (QED) is 0.890. The smallest absolute Gasteiger partial charge is 0.154 e. The summed E-state index contributed by atoms with van der Waals surface area (Å²) in [5.74, 6) is 0.335. The van der Waals surface area contributed by atoms with E-state index in [2.05, 4.69) is 10.3 Å². The molecule has 0 spiro atoms. The molecule has 0 amide bonds. The van der Waals surface area contributed by atoms with E-state index in [1.807, 2.05) is 25.1 Å². The normalized spacial score (nSPS) is 23.9. The molecule has 1 N–H and O–H groups in total. The molecule has 0 saturated carbocycles. The van der Waals surface area contributed by atoms with E-state index in [1.54, 1.807) is 6.20 Å². The van der Waals surface area contributed by atoms with Crippen LogP contribution in [0.3, 0.4) is 0 Å². The van der Waals surface area contributed by atoms with Crippen LogP contribution in [-0.4, -0.2) is 37.0 Å². The molecule has 19 heavy (non-hydrogen) atoms. The highest BCUT2D eigenvalue weighted by molar-refractivity contribution is 7.92. The van der Waals surface area contributed by atoms with Crippen LogP contribution in [0.1, 0.15) is 31.9 Å². The zero-order valence-corrected chi connectivity index (χ0v) is 12.2. The maximum absolute atomic E-state index is 12.2. The Kier molecular flexibility index (Phi) is 4.93. The number of rotatable bonds is 5. The van der Waals surface area contributed by atoms with Crippen molar-refractivity contribution in [2.24, 2.45) is 0 Å². The maximum Gasteiger partial charge on any atom is 0.154 e. The first kappa shape index (κ1) is 14.5. The fourth-order valence-corrected chi connectivity index (χ4v) is 4.90. The number of sulfone groups is 1. The van der Waals surface area contributed by atoms with Gasteiger partial charge in [-0.1, -0.05) is 19.4 Å². The van der Waals surface area contributed by atoms with E-state index in [0.29, 0.717) is 12.2 Å². The Morgan fingerprint density at radius 1 is 1.42 bits per heavy atom. The van der Waals surface area contributed by atoms with Crippen LogP contribution in [0.25, 0.3) is 0 Å². The van der Waals surface area contributed by atoms with Gasteiger partial charge in [0.05, 0.1) is 11.0 Å². The minimum atomic E-state index is -2.96. The van der Waals surface area contributed by atoms with Crippen LogP contribution in [0.2, 0.25) is 0 Å². The highest BCUT2D eigenvalue weighted by Gasteiger charge is 2.35. The second-order valence-electron chi connectivity index (χ2n) is 5.09. The summed E-state index contributed by atoms with van der Waals surface area (Å²) in [6.07, 6.45) is 5.02. The van der Waals surface area contributed by atoms with Gasteiger partial charge in [-0.3, -0.25) is 4.98 Å². The van der Waals surface area contributed by atoms with E-state index in [0.717, 1.165) is 31.5 Å². The minimum absolute atomic E-state index is 0.0230. The Bertz CT molecular complexity index is 487. The first-order chi connectivity index (χ1) is 9.13. The van der Waals surface area contributed by atoms with E-state index in [4.69, 9.17) is 0 Å². The van der Waals surface area contributed by atoms with E-state index < -0.39 is 9.84 Å². The summed E-state index contributed by atoms with van der Waals surface area (Å²) in [5, 5.41) is 3.08. The molecule has 2 unspecified atom stereocenters. The van der Waals surface area contributed by atoms with E-state index in [1.165, 1.54) is 0 Å². The Morgan fingerprint density at radius 3 is 2.89 bits per heavy atom. The van der Waals surface area contributed by atoms with Crippen molar-refractivity contribution in [3.8, 4) is 0 Å². The van der Waals surface area contributed by atoms with Crippen LogP contribution in [0, 0.1) is 0 Å². The summed E-state index contributed by atoms with van der Waals surface area (Å²) >= 11 is 0. The zero-order chi connectivity index (χ0) is 13.7. The van der Waals surface area contributed by atoms with Gasteiger partial charge in [-0.2, -0.15) is 0 Å². The number of hydrogen-bond donors (Lipinski definition) is 1. The molecule has 1 saturated heterocycles. The summed E-state index contributed by atoms with van der Waals surface area (Å²) in [7, 11) is -2.96. The Morgan fingerprint density at radius 2 is 2.26 bits per heavy atom. The molecule has 1 aliphatic heterocycles. The first-order valence-corrected chi connectivity index (χ1v) is 8.70. The summed E-state index contributed by atoms with van der Waals surface area (Å²) in [6, 6.07) is 5.76. The first-order valence-electron chi connectivity index (χ1n) is 6.98. The molecule has 4 nitrogen and oxygen atoms in total. The molecule has 2 atom stereocenters. The van der Waals surface area contributed by atoms with Gasteiger partial charge in [0.15, 0.2) is 9.84 Å². The Balaban J connectivity index is 2.15. The topological polar surface area (TPSA) is 59.1 Å². The van der Waals surface area contributed by atoms with Crippen molar-refractivity contribution in [3.05, 3.63) is 30.1 Å². The fourth-order valence-electron chi connectivity index (χ4n) is 2.77. The molecule has 2 rings (SSSR count). The molecule has 0 aliphatic carbocycles. The van der Waals surface area contributed by atoms with Crippen LogP contribution in [0.15, 0.2) is 24.4 Å². The van der Waals surface area contributed by atoms with E-state index in [9.17, 15) is 8.42 Å². The molecule has 1 aromatic rings. The van der Waals surface area contributed by atoms with Gasteiger partial charge in [0.2, 0.25) is 0 Å². The molecule has 1 aromatic heterocycles. The lowest BCUT2D eigenvalue weighted by molar-refractivity contribution is 0.438. The standard InChI is InChI=1S/C14H22N2O2S/c1-2-15-13(11-12-7-3-5-9-16-12)14-8-4-6-10-19(14,17)18/h3,5,7,9,13-15H,2,4,6,8,10-11H2,1H3. The van der Waals surface area contributed by atoms with Gasteiger partial charge in [-0.25, -0.2) is 8.42 Å². The molecular formula is C14H22N2O2S. The lowest BCUT2D eigenvalue weighted by Gasteiger charge is -2.30. The van der Waals surface area contributed by atoms with E-state index >= 15 is 0 Å². The molecule has 0 aromatic carbocycles. The molecule has 0 bridgehead atoms. The molecule has 1 fully saturated rings. The summed E-state index contributed by atoms with van der Waals surface area (Å²) in [5.41, 5.74) is 0.953. The van der Waals surface area contributed by atoms with Crippen molar-refractivity contribution in [2.45, 2.75) is 43.9 Å². The van der Waals surface area contributed by atoms with Gasteiger partial charge in [-0.15, -0.1) is 0 Å². The number of pyridine rings is 1. The number of nitrogens with one attached hydrogen (secondary N) is 1. The average Bonchev–Trinajstić information content (AvgIpc) is 2.39. The maximum atomic E-state index is 12.2. The lowest BCUT2D eigenvalue weighted by Crippen LogP contribution is -2.48. The Labute approximate surface area is 115 Å². The van der Waals surface area contributed by atoms with Crippen molar-refractivity contribution in [1.82, 2.24) is 10.3 Å². The van der Waals surface area contributed by atoms with Gasteiger partial charge in [0.1, 0.15) is 0 Å².